The van der Waals surface area contributed by atoms with Gasteiger partial charge in [0.15, 0.2) is 0 Å². The van der Waals surface area contributed by atoms with E-state index in [4.69, 9.17) is 0 Å². The highest BCUT2D eigenvalue weighted by Crippen LogP contribution is 2.13. The smallest absolute Gasteiger partial charge is 0.329 e. The fraction of sp³-hybridized carbons (Fsp3) is 0.105. The first-order valence-corrected chi connectivity index (χ1v) is 9.97. The Hall–Kier alpha value is -2.97. The van der Waals surface area contributed by atoms with Crippen molar-refractivity contribution in [3.8, 4) is 0 Å². The van der Waals surface area contributed by atoms with Crippen LogP contribution in [0, 0.1) is 0 Å². The molecule has 0 aliphatic carbocycles. The number of nitrogens with zero attached hydrogens (tertiary/aromatic N) is 1. The van der Waals surface area contributed by atoms with Gasteiger partial charge >= 0.3 is 5.69 Å². The Morgan fingerprint density at radius 2 is 1.85 bits per heavy atom. The van der Waals surface area contributed by atoms with Crippen LogP contribution >= 0.6 is 22.7 Å². The average Bonchev–Trinajstić information content (AvgIpc) is 3.35. The number of H-pyrrole nitrogens is 1. The molecule has 0 saturated heterocycles. The predicted molar refractivity (Wildman–Crippen MR) is 108 cm³/mol. The van der Waals surface area contributed by atoms with Crippen LogP contribution < -0.4 is 16.6 Å². The second-order valence-corrected chi connectivity index (χ2v) is 7.89. The fourth-order valence-corrected chi connectivity index (χ4v) is 4.18. The number of amides is 1. The highest BCUT2D eigenvalue weighted by molar-refractivity contribution is 7.17. The maximum absolute atomic E-state index is 12.5. The molecule has 8 heteroatoms. The molecule has 6 nitrogen and oxygen atoms in total. The number of aromatic amines is 1. The van der Waals surface area contributed by atoms with E-state index in [-0.39, 0.29) is 18.0 Å². The second kappa shape index (κ2) is 7.34. The second-order valence-electron chi connectivity index (χ2n) is 5.94. The Bertz CT molecular complexity index is 1200. The third-order valence-electron chi connectivity index (χ3n) is 4.15. The van der Waals surface area contributed by atoms with Crippen LogP contribution in [-0.2, 0) is 13.1 Å². The summed E-state index contributed by atoms with van der Waals surface area (Å²) in [6.07, 6.45) is 0. The summed E-state index contributed by atoms with van der Waals surface area (Å²) in [5, 5.41) is 6.61. The van der Waals surface area contributed by atoms with Crippen LogP contribution in [0.15, 0.2) is 62.8 Å². The van der Waals surface area contributed by atoms with Crippen molar-refractivity contribution in [1.82, 2.24) is 14.9 Å². The van der Waals surface area contributed by atoms with Gasteiger partial charge in [-0.15, -0.1) is 22.7 Å². The van der Waals surface area contributed by atoms with E-state index in [1.54, 1.807) is 47.0 Å². The number of thiophene rings is 2. The topological polar surface area (TPSA) is 84.0 Å². The van der Waals surface area contributed by atoms with Gasteiger partial charge in [-0.3, -0.25) is 14.2 Å². The van der Waals surface area contributed by atoms with E-state index in [1.165, 1.54) is 15.9 Å². The van der Waals surface area contributed by atoms with E-state index in [9.17, 15) is 14.4 Å². The van der Waals surface area contributed by atoms with Gasteiger partial charge < -0.3 is 10.3 Å². The van der Waals surface area contributed by atoms with Gasteiger partial charge in [-0.25, -0.2) is 4.79 Å². The minimum Gasteiger partial charge on any atom is -0.347 e. The van der Waals surface area contributed by atoms with Gasteiger partial charge in [0.1, 0.15) is 4.70 Å². The first kappa shape index (κ1) is 17.4. The molecule has 0 aliphatic rings. The summed E-state index contributed by atoms with van der Waals surface area (Å²) < 4.78 is 1.70. The zero-order chi connectivity index (χ0) is 18.8. The molecule has 2 N–H and O–H groups in total. The maximum Gasteiger partial charge on any atom is 0.329 e. The molecule has 1 aromatic carbocycles. The van der Waals surface area contributed by atoms with Crippen LogP contribution in [0.3, 0.4) is 0 Å². The molecule has 0 unspecified atom stereocenters. The van der Waals surface area contributed by atoms with Crippen molar-refractivity contribution in [3.05, 3.63) is 90.1 Å². The molecule has 3 heterocycles. The standard InChI is InChI=1S/C19H15N3O3S2/c23-17(20-10-14-2-1-8-26-14)13-5-3-12(4-6-13)11-22-18(24)16-15(7-9-27-16)21-19(22)25/h1-9H,10-11H2,(H,20,23)(H,21,25). The lowest BCUT2D eigenvalue weighted by atomic mass is 10.1. The zero-order valence-electron chi connectivity index (χ0n) is 14.1. The van der Waals surface area contributed by atoms with Gasteiger partial charge in [0, 0.05) is 10.4 Å². The van der Waals surface area contributed by atoms with Crippen molar-refractivity contribution in [2.45, 2.75) is 13.1 Å². The van der Waals surface area contributed by atoms with Crippen molar-refractivity contribution in [3.63, 3.8) is 0 Å². The molecule has 0 radical (unpaired) electrons. The molecule has 0 aliphatic heterocycles. The third kappa shape index (κ3) is 3.62. The summed E-state index contributed by atoms with van der Waals surface area (Å²) in [5.74, 6) is -0.162. The Morgan fingerprint density at radius 1 is 1.04 bits per heavy atom. The largest absolute Gasteiger partial charge is 0.347 e. The summed E-state index contributed by atoms with van der Waals surface area (Å²) in [4.78, 5) is 40.7. The number of carbonyl (C=O) groups is 1. The van der Waals surface area contributed by atoms with Gasteiger partial charge in [-0.05, 0) is 40.6 Å². The number of fused-ring (bicyclic) bond motifs is 1. The van der Waals surface area contributed by atoms with Gasteiger partial charge in [0.2, 0.25) is 0 Å². The molecule has 0 spiro atoms. The van der Waals surface area contributed by atoms with Crippen LogP contribution in [0.25, 0.3) is 10.2 Å². The molecule has 0 fully saturated rings. The number of hydrogen-bond donors (Lipinski definition) is 2. The highest BCUT2D eigenvalue weighted by Gasteiger charge is 2.10. The Kier molecular flexibility index (Phi) is 4.74. The molecular weight excluding hydrogens is 382 g/mol. The van der Waals surface area contributed by atoms with Gasteiger partial charge in [0.05, 0.1) is 18.6 Å². The molecule has 1 amide bonds. The predicted octanol–water partition coefficient (Wildman–Crippen LogP) is 2.79. The normalized spacial score (nSPS) is 11.0. The van der Waals surface area contributed by atoms with Crippen molar-refractivity contribution in [1.29, 1.82) is 0 Å². The molecule has 0 saturated carbocycles. The molecular formula is C19H15N3O3S2. The van der Waals surface area contributed by atoms with Gasteiger partial charge in [0.25, 0.3) is 11.5 Å². The van der Waals surface area contributed by atoms with Crippen molar-refractivity contribution < 1.29 is 4.79 Å². The molecule has 0 bridgehead atoms. The summed E-state index contributed by atoms with van der Waals surface area (Å²) in [5.41, 5.74) is 1.12. The molecule has 3 aromatic heterocycles. The number of aromatic nitrogens is 2. The van der Waals surface area contributed by atoms with Crippen LogP contribution in [0.2, 0.25) is 0 Å². The van der Waals surface area contributed by atoms with Gasteiger partial charge in [-0.2, -0.15) is 0 Å². The van der Waals surface area contributed by atoms with Crippen molar-refractivity contribution in [2.75, 3.05) is 0 Å². The first-order chi connectivity index (χ1) is 13.1. The number of benzene rings is 1. The first-order valence-electron chi connectivity index (χ1n) is 8.21. The molecule has 0 atom stereocenters. The molecule has 136 valence electrons. The summed E-state index contributed by atoms with van der Waals surface area (Å²) in [6.45, 7) is 0.642. The minimum atomic E-state index is -0.441. The molecule has 4 aromatic rings. The lowest BCUT2D eigenvalue weighted by Gasteiger charge is -2.07. The zero-order valence-corrected chi connectivity index (χ0v) is 15.7. The summed E-state index contributed by atoms with van der Waals surface area (Å²) in [7, 11) is 0. The molecule has 27 heavy (non-hydrogen) atoms. The summed E-state index contributed by atoms with van der Waals surface area (Å²) in [6, 6.07) is 12.5. The fourth-order valence-electron chi connectivity index (χ4n) is 2.74. The Labute approximate surface area is 161 Å². The van der Waals surface area contributed by atoms with Crippen molar-refractivity contribution in [2.24, 2.45) is 0 Å². The number of nitrogens with one attached hydrogen (secondary N) is 2. The van der Waals surface area contributed by atoms with E-state index in [2.05, 4.69) is 10.3 Å². The van der Waals surface area contributed by atoms with E-state index >= 15 is 0 Å². The van der Waals surface area contributed by atoms with E-state index in [1.807, 2.05) is 17.5 Å². The van der Waals surface area contributed by atoms with Crippen LogP contribution in [-0.4, -0.2) is 15.5 Å². The summed E-state index contributed by atoms with van der Waals surface area (Å²) >= 11 is 2.89. The Balaban J connectivity index is 1.50. The highest BCUT2D eigenvalue weighted by atomic mass is 32.1. The van der Waals surface area contributed by atoms with Crippen LogP contribution in [0.4, 0.5) is 0 Å². The Morgan fingerprint density at radius 3 is 2.59 bits per heavy atom. The quantitative estimate of drug-likeness (QED) is 0.543. The number of hydrogen-bond acceptors (Lipinski definition) is 5. The van der Waals surface area contributed by atoms with Crippen LogP contribution in [0.5, 0.6) is 0 Å². The average molecular weight is 397 g/mol. The number of rotatable bonds is 5. The monoisotopic (exact) mass is 397 g/mol. The van der Waals surface area contributed by atoms with E-state index < -0.39 is 5.69 Å². The van der Waals surface area contributed by atoms with Gasteiger partial charge in [-0.1, -0.05) is 18.2 Å². The SMILES string of the molecule is O=C(NCc1cccs1)c1ccc(Cn2c(=O)[nH]c3ccsc3c2=O)cc1. The lowest BCUT2D eigenvalue weighted by molar-refractivity contribution is 0.0951. The van der Waals surface area contributed by atoms with Crippen LogP contribution in [0.1, 0.15) is 20.8 Å². The molecule has 4 rings (SSSR count). The third-order valence-corrected chi connectivity index (χ3v) is 5.93. The van der Waals surface area contributed by atoms with E-state index in [0.29, 0.717) is 22.3 Å². The van der Waals surface area contributed by atoms with Crippen molar-refractivity contribution >= 4 is 38.8 Å². The number of carbonyl (C=O) groups excluding carboxylic acids is 1. The maximum atomic E-state index is 12.5. The minimum absolute atomic E-state index is 0.152. The van der Waals surface area contributed by atoms with E-state index in [0.717, 1.165) is 10.4 Å². The lowest BCUT2D eigenvalue weighted by Crippen LogP contribution is -2.34.